The maximum absolute atomic E-state index is 12.5. The number of carbonyl (C=O) groups is 2. The molecule has 1 unspecified atom stereocenters. The molecule has 0 aliphatic carbocycles. The number of amides is 1. The molecule has 1 atom stereocenters. The van der Waals surface area contributed by atoms with Crippen LogP contribution in [0.1, 0.15) is 124 Å². The summed E-state index contributed by atoms with van der Waals surface area (Å²) in [6.45, 7) is 8.83. The van der Waals surface area contributed by atoms with Crippen molar-refractivity contribution in [3.63, 3.8) is 0 Å². The van der Waals surface area contributed by atoms with Crippen molar-refractivity contribution >= 4 is 12.1 Å². The fourth-order valence-corrected chi connectivity index (χ4v) is 3.78. The lowest BCUT2D eigenvalue weighted by atomic mass is 10.0. The number of ether oxygens (including phenoxy) is 2. The molecular weight excluding hydrogens is 390 g/mol. The van der Waals surface area contributed by atoms with Gasteiger partial charge < -0.3 is 9.47 Å². The second-order valence-corrected chi connectivity index (χ2v) is 9.22. The molecule has 1 amide bonds. The van der Waals surface area contributed by atoms with Crippen molar-refractivity contribution in [2.45, 2.75) is 130 Å². The van der Waals surface area contributed by atoms with E-state index < -0.39 is 12.1 Å². The third-order valence-corrected chi connectivity index (χ3v) is 5.73. The van der Waals surface area contributed by atoms with Crippen LogP contribution in [0.15, 0.2) is 0 Å². The maximum atomic E-state index is 12.5. The number of esters is 1. The molecule has 0 aliphatic rings. The Labute approximate surface area is 192 Å². The van der Waals surface area contributed by atoms with Crippen molar-refractivity contribution in [3.8, 4) is 0 Å². The summed E-state index contributed by atoms with van der Waals surface area (Å²) in [4.78, 5) is 25.8. The van der Waals surface area contributed by atoms with Crippen LogP contribution < -0.4 is 0 Å². The van der Waals surface area contributed by atoms with Gasteiger partial charge in [0.15, 0.2) is 0 Å². The van der Waals surface area contributed by atoms with E-state index in [1.807, 2.05) is 13.8 Å². The monoisotopic (exact) mass is 441 g/mol. The Kier molecular flexibility index (Phi) is 19.8. The number of nitrogens with zero attached hydrogens (tertiary/aromatic N) is 1. The summed E-state index contributed by atoms with van der Waals surface area (Å²) in [6, 6.07) is -0.578. The van der Waals surface area contributed by atoms with Crippen LogP contribution in [0.2, 0.25) is 0 Å². The van der Waals surface area contributed by atoms with Crippen LogP contribution >= 0.6 is 0 Å². The molecule has 5 heteroatoms. The number of unbranched alkanes of at least 4 members (excludes halogenated alkanes) is 13. The summed E-state index contributed by atoms with van der Waals surface area (Å²) in [5.41, 5.74) is 0. The van der Waals surface area contributed by atoms with Crippen molar-refractivity contribution < 1.29 is 19.1 Å². The average molecular weight is 442 g/mol. The number of rotatable bonds is 20. The van der Waals surface area contributed by atoms with Gasteiger partial charge >= 0.3 is 12.1 Å². The van der Waals surface area contributed by atoms with Gasteiger partial charge in [0.1, 0.15) is 6.04 Å². The van der Waals surface area contributed by atoms with Crippen LogP contribution in [-0.4, -0.2) is 43.3 Å². The zero-order valence-corrected chi connectivity index (χ0v) is 21.3. The largest absolute Gasteiger partial charge is 0.464 e. The second kappa shape index (κ2) is 20.6. The molecule has 31 heavy (non-hydrogen) atoms. The fraction of sp³-hybridized carbons (Fsp3) is 0.923. The number of carbonyl (C=O) groups excluding carboxylic acids is 2. The van der Waals surface area contributed by atoms with Gasteiger partial charge in [-0.1, -0.05) is 104 Å². The zero-order chi connectivity index (χ0) is 23.3. The summed E-state index contributed by atoms with van der Waals surface area (Å²) in [5.74, 6) is -0.0329. The summed E-state index contributed by atoms with van der Waals surface area (Å²) < 4.78 is 10.5. The number of likely N-dealkylation sites (N-methyl/N-ethyl adjacent to an activating group) is 1. The topological polar surface area (TPSA) is 55.8 Å². The Morgan fingerprint density at radius 2 is 1.16 bits per heavy atom. The van der Waals surface area contributed by atoms with Crippen LogP contribution in [0.3, 0.4) is 0 Å². The van der Waals surface area contributed by atoms with Crippen LogP contribution in [0, 0.1) is 5.92 Å². The predicted molar refractivity (Wildman–Crippen MR) is 129 cm³/mol. The first-order valence-electron chi connectivity index (χ1n) is 13.0. The van der Waals surface area contributed by atoms with Crippen LogP contribution in [0.25, 0.3) is 0 Å². The molecule has 0 fully saturated rings. The molecule has 0 radical (unpaired) electrons. The van der Waals surface area contributed by atoms with Gasteiger partial charge in [-0.15, -0.1) is 0 Å². The van der Waals surface area contributed by atoms with Crippen molar-refractivity contribution in [3.05, 3.63) is 0 Å². The standard InChI is InChI=1S/C26H51NO4/c1-6-8-9-10-11-12-13-14-15-16-17-18-19-20-21-31-25(28)24(22-23(3)4)27(5)26(29)30-7-2/h23-24H,6-22H2,1-5H3. The summed E-state index contributed by atoms with van der Waals surface area (Å²) in [7, 11) is 1.61. The van der Waals surface area contributed by atoms with Crippen molar-refractivity contribution in [1.82, 2.24) is 4.90 Å². The molecule has 0 aromatic carbocycles. The second-order valence-electron chi connectivity index (χ2n) is 9.22. The van der Waals surface area contributed by atoms with Gasteiger partial charge in [-0.25, -0.2) is 9.59 Å². The van der Waals surface area contributed by atoms with E-state index in [4.69, 9.17) is 9.47 Å². The van der Waals surface area contributed by atoms with Gasteiger partial charge in [0, 0.05) is 7.05 Å². The zero-order valence-electron chi connectivity index (χ0n) is 21.3. The summed E-state index contributed by atoms with van der Waals surface area (Å²) in [5, 5.41) is 0. The first-order valence-corrected chi connectivity index (χ1v) is 13.0. The molecule has 0 N–H and O–H groups in total. The Morgan fingerprint density at radius 1 is 0.710 bits per heavy atom. The fourth-order valence-electron chi connectivity index (χ4n) is 3.78. The lowest BCUT2D eigenvalue weighted by molar-refractivity contribution is -0.149. The number of hydrogen-bond donors (Lipinski definition) is 0. The minimum atomic E-state index is -0.578. The van der Waals surface area contributed by atoms with E-state index in [0.717, 1.165) is 12.8 Å². The molecular formula is C26H51NO4. The molecule has 0 aliphatic heterocycles. The lowest BCUT2D eigenvalue weighted by Gasteiger charge is -2.27. The average Bonchev–Trinajstić information content (AvgIpc) is 2.74. The van der Waals surface area contributed by atoms with E-state index in [0.29, 0.717) is 19.6 Å². The Bertz CT molecular complexity index is 439. The van der Waals surface area contributed by atoms with Crippen molar-refractivity contribution in [2.75, 3.05) is 20.3 Å². The van der Waals surface area contributed by atoms with E-state index in [2.05, 4.69) is 6.92 Å². The number of hydrogen-bond acceptors (Lipinski definition) is 4. The first-order chi connectivity index (χ1) is 14.9. The van der Waals surface area contributed by atoms with E-state index in [-0.39, 0.29) is 11.9 Å². The SMILES string of the molecule is CCCCCCCCCCCCCCCCOC(=O)C(CC(C)C)N(C)C(=O)OCC. The molecule has 0 bridgehead atoms. The highest BCUT2D eigenvalue weighted by atomic mass is 16.6. The van der Waals surface area contributed by atoms with Gasteiger partial charge in [0.05, 0.1) is 13.2 Å². The molecule has 0 aromatic heterocycles. The molecule has 0 aromatic rings. The third-order valence-electron chi connectivity index (χ3n) is 5.73. The Hall–Kier alpha value is -1.26. The van der Waals surface area contributed by atoms with Gasteiger partial charge in [-0.05, 0) is 25.7 Å². The van der Waals surface area contributed by atoms with Gasteiger partial charge in [0.25, 0.3) is 0 Å². The van der Waals surface area contributed by atoms with Gasteiger partial charge in [-0.3, -0.25) is 4.90 Å². The minimum absolute atomic E-state index is 0.287. The quantitative estimate of drug-likeness (QED) is 0.145. The lowest BCUT2D eigenvalue weighted by Crippen LogP contribution is -2.44. The molecule has 0 saturated carbocycles. The van der Waals surface area contributed by atoms with Gasteiger partial charge in [-0.2, -0.15) is 0 Å². The predicted octanol–water partition coefficient (Wildman–Crippen LogP) is 7.51. The van der Waals surface area contributed by atoms with Crippen molar-refractivity contribution in [2.24, 2.45) is 5.92 Å². The molecule has 0 heterocycles. The summed E-state index contributed by atoms with van der Waals surface area (Å²) >= 11 is 0. The summed E-state index contributed by atoms with van der Waals surface area (Å²) in [6.07, 6.45) is 18.3. The van der Waals surface area contributed by atoms with E-state index in [9.17, 15) is 9.59 Å². The highest BCUT2D eigenvalue weighted by Gasteiger charge is 2.29. The molecule has 0 spiro atoms. The van der Waals surface area contributed by atoms with Crippen LogP contribution in [0.4, 0.5) is 4.79 Å². The van der Waals surface area contributed by atoms with E-state index >= 15 is 0 Å². The molecule has 184 valence electrons. The highest BCUT2D eigenvalue weighted by Crippen LogP contribution is 2.15. The molecule has 5 nitrogen and oxygen atoms in total. The maximum Gasteiger partial charge on any atom is 0.410 e. The van der Waals surface area contributed by atoms with Crippen LogP contribution in [-0.2, 0) is 14.3 Å². The van der Waals surface area contributed by atoms with Crippen LogP contribution in [0.5, 0.6) is 0 Å². The van der Waals surface area contributed by atoms with E-state index in [1.165, 1.54) is 81.9 Å². The first kappa shape index (κ1) is 29.7. The highest BCUT2D eigenvalue weighted by molar-refractivity contribution is 5.81. The Morgan fingerprint density at radius 3 is 1.58 bits per heavy atom. The smallest absolute Gasteiger partial charge is 0.410 e. The minimum Gasteiger partial charge on any atom is -0.464 e. The normalized spacial score (nSPS) is 12.1. The Balaban J connectivity index is 3.76. The molecule has 0 saturated heterocycles. The van der Waals surface area contributed by atoms with E-state index in [1.54, 1.807) is 14.0 Å². The third kappa shape index (κ3) is 17.0. The molecule has 0 rings (SSSR count). The van der Waals surface area contributed by atoms with Crippen molar-refractivity contribution in [1.29, 1.82) is 0 Å². The van der Waals surface area contributed by atoms with Gasteiger partial charge in [0.2, 0.25) is 0 Å².